The molecule has 3 fully saturated rings. The number of carbonyl (C=O) groups excluding carboxylic acids is 1. The second kappa shape index (κ2) is 9.42. The average molecular weight is 540 g/mol. The normalized spacial score (nSPS) is 21.0. The van der Waals surface area contributed by atoms with Gasteiger partial charge in [-0.25, -0.2) is 4.98 Å². The van der Waals surface area contributed by atoms with E-state index in [1.807, 2.05) is 35.4 Å². The molecule has 3 aliphatic rings. The highest BCUT2D eigenvalue weighted by molar-refractivity contribution is 8.26. The Kier molecular flexibility index (Phi) is 6.67. The molecule has 0 bridgehead atoms. The van der Waals surface area contributed by atoms with Crippen molar-refractivity contribution in [1.29, 1.82) is 16.1 Å². The number of imidazole rings is 1. The van der Waals surface area contributed by atoms with E-state index in [1.54, 1.807) is 6.20 Å². The van der Waals surface area contributed by atoms with E-state index in [0.717, 1.165) is 35.1 Å². The lowest BCUT2D eigenvalue weighted by atomic mass is 9.84. The van der Waals surface area contributed by atoms with Gasteiger partial charge in [-0.05, 0) is 63.5 Å². The van der Waals surface area contributed by atoms with Crippen LogP contribution < -0.4 is 4.72 Å². The fourth-order valence-corrected chi connectivity index (χ4v) is 6.43. The predicted octanol–water partition coefficient (Wildman–Crippen LogP) is 4.29. The number of thioether (sulfide) groups is 1. The second-order valence-electron chi connectivity index (χ2n) is 11.2. The number of nitriles is 1. The van der Waals surface area contributed by atoms with Crippen LogP contribution in [0.5, 0.6) is 0 Å². The molecule has 9 nitrogen and oxygen atoms in total. The molecule has 2 saturated carbocycles. The summed E-state index contributed by atoms with van der Waals surface area (Å²) in [6.07, 6.45) is 7.96. The van der Waals surface area contributed by atoms with Crippen LogP contribution in [0.2, 0.25) is 0 Å². The number of carbonyl (C=O) groups is 1. The molecule has 1 aliphatic heterocycles. The molecular formula is C26H33N7O2S2. The third-order valence-electron chi connectivity index (χ3n) is 7.73. The fourth-order valence-electron chi connectivity index (χ4n) is 4.63. The van der Waals surface area contributed by atoms with Crippen LogP contribution in [0.1, 0.15) is 70.7 Å². The molecule has 0 atom stereocenters. The number of hydrogen-bond donors (Lipinski definition) is 4. The van der Waals surface area contributed by atoms with Crippen LogP contribution in [0.4, 0.5) is 0 Å². The molecule has 4 N–H and O–H groups in total. The summed E-state index contributed by atoms with van der Waals surface area (Å²) < 4.78 is 5.35. The summed E-state index contributed by atoms with van der Waals surface area (Å²) in [6, 6.07) is 4.22. The monoisotopic (exact) mass is 539 g/mol. The zero-order valence-electron chi connectivity index (χ0n) is 21.4. The van der Waals surface area contributed by atoms with Gasteiger partial charge in [0.15, 0.2) is 5.82 Å². The maximum absolute atomic E-state index is 12.5. The van der Waals surface area contributed by atoms with Crippen LogP contribution in [0.15, 0.2) is 23.4 Å². The number of rotatable bonds is 7. The van der Waals surface area contributed by atoms with Gasteiger partial charge in [0, 0.05) is 41.2 Å². The van der Waals surface area contributed by atoms with E-state index < -0.39 is 11.0 Å². The summed E-state index contributed by atoms with van der Waals surface area (Å²) in [6.45, 7) is 6.92. The van der Waals surface area contributed by atoms with Crippen molar-refractivity contribution in [3.8, 4) is 6.07 Å². The van der Waals surface area contributed by atoms with Gasteiger partial charge >= 0.3 is 0 Å². The minimum Gasteiger partial charge on any atom is -0.385 e. The molecule has 5 rings (SSSR count). The van der Waals surface area contributed by atoms with Crippen molar-refractivity contribution in [2.45, 2.75) is 75.3 Å². The van der Waals surface area contributed by atoms with Crippen molar-refractivity contribution in [2.75, 3.05) is 13.1 Å². The first-order valence-corrected chi connectivity index (χ1v) is 14.4. The number of amides is 1. The molecule has 11 heteroatoms. The molecule has 2 aromatic heterocycles. The summed E-state index contributed by atoms with van der Waals surface area (Å²) in [5, 5.41) is 38.7. The van der Waals surface area contributed by atoms with E-state index in [0.29, 0.717) is 50.1 Å². The molecular weight excluding hydrogens is 506 g/mol. The molecule has 2 aromatic rings. The Balaban J connectivity index is 1.47. The van der Waals surface area contributed by atoms with Crippen LogP contribution in [0, 0.1) is 33.5 Å². The van der Waals surface area contributed by atoms with Gasteiger partial charge in [-0.3, -0.25) is 24.7 Å². The van der Waals surface area contributed by atoms with E-state index in [4.69, 9.17) is 10.8 Å². The van der Waals surface area contributed by atoms with E-state index in [1.165, 1.54) is 11.9 Å². The van der Waals surface area contributed by atoms with Gasteiger partial charge in [0.25, 0.3) is 0 Å². The fraction of sp³-hybridized carbons (Fsp3) is 0.577. The van der Waals surface area contributed by atoms with Gasteiger partial charge in [0.1, 0.15) is 10.5 Å². The minimum absolute atomic E-state index is 0.0806. The van der Waals surface area contributed by atoms with Crippen molar-refractivity contribution in [1.82, 2.24) is 19.0 Å². The quantitative estimate of drug-likeness (QED) is 0.234. The smallest absolute Gasteiger partial charge is 0.225 e. The van der Waals surface area contributed by atoms with Crippen LogP contribution in [0.25, 0.3) is 5.52 Å². The summed E-state index contributed by atoms with van der Waals surface area (Å²) in [4.78, 5) is 19.8. The van der Waals surface area contributed by atoms with E-state index in [2.05, 4.69) is 22.7 Å². The SMILES string of the molecule is CC(C)C(=O)N1CCC(O)(c2cc(SNC3(C)CC3)cn3c(C(=N)SC(=N)C4(C#N)CC4)ncc23)CC1. The first kappa shape index (κ1) is 26.2. The number of pyridine rings is 1. The van der Waals surface area contributed by atoms with Crippen LogP contribution in [-0.2, 0) is 10.4 Å². The van der Waals surface area contributed by atoms with Crippen LogP contribution >= 0.6 is 23.7 Å². The van der Waals surface area contributed by atoms with Gasteiger partial charge < -0.3 is 10.0 Å². The summed E-state index contributed by atoms with van der Waals surface area (Å²) in [5.74, 6) is 0.405. The molecule has 2 aliphatic carbocycles. The molecule has 196 valence electrons. The van der Waals surface area contributed by atoms with Crippen molar-refractivity contribution in [3.63, 3.8) is 0 Å². The Morgan fingerprint density at radius 1 is 1.22 bits per heavy atom. The molecule has 0 aromatic carbocycles. The Morgan fingerprint density at radius 2 is 1.89 bits per heavy atom. The summed E-state index contributed by atoms with van der Waals surface area (Å²) in [7, 11) is 0. The number of piperidine rings is 1. The zero-order valence-corrected chi connectivity index (χ0v) is 23.1. The Hall–Kier alpha value is -2.39. The van der Waals surface area contributed by atoms with Crippen LogP contribution in [0.3, 0.4) is 0 Å². The lowest BCUT2D eigenvalue weighted by Gasteiger charge is -2.39. The summed E-state index contributed by atoms with van der Waals surface area (Å²) >= 11 is 2.49. The first-order valence-electron chi connectivity index (χ1n) is 12.7. The maximum atomic E-state index is 12.5. The van der Waals surface area contributed by atoms with E-state index in [9.17, 15) is 15.2 Å². The van der Waals surface area contributed by atoms with Gasteiger partial charge in [-0.15, -0.1) is 0 Å². The number of fused-ring (bicyclic) bond motifs is 1. The largest absolute Gasteiger partial charge is 0.385 e. The Morgan fingerprint density at radius 3 is 2.46 bits per heavy atom. The molecule has 0 unspecified atom stereocenters. The van der Waals surface area contributed by atoms with Crippen molar-refractivity contribution >= 4 is 45.2 Å². The Labute approximate surface area is 225 Å². The summed E-state index contributed by atoms with van der Waals surface area (Å²) in [5.41, 5.74) is -0.339. The molecule has 1 saturated heterocycles. The standard InChI is InChI=1S/C26H33N7O2S2/c1-16(2)22(34)32-10-8-26(35,9-11-32)18-12-17(37-31-24(3)4-5-24)14-33-19(18)13-30-21(33)20(28)36-23(29)25(15-27)6-7-25/h12-14,16,28-29,31,35H,4-11H2,1-3H3. The van der Waals surface area contributed by atoms with Crippen molar-refractivity contribution in [3.05, 3.63) is 29.8 Å². The number of nitrogens with zero attached hydrogens (tertiary/aromatic N) is 4. The maximum Gasteiger partial charge on any atom is 0.225 e. The third kappa shape index (κ3) is 5.04. The lowest BCUT2D eigenvalue weighted by Crippen LogP contribution is -2.46. The molecule has 1 amide bonds. The van der Waals surface area contributed by atoms with Gasteiger partial charge in [0.05, 0.1) is 28.4 Å². The van der Waals surface area contributed by atoms with Crippen molar-refractivity contribution < 1.29 is 9.90 Å². The number of hydrogen-bond acceptors (Lipinski definition) is 9. The van der Waals surface area contributed by atoms with E-state index in [-0.39, 0.29) is 27.5 Å². The number of nitrogens with one attached hydrogen (secondary N) is 3. The zero-order chi connectivity index (χ0) is 26.6. The minimum atomic E-state index is -1.13. The molecule has 3 heterocycles. The van der Waals surface area contributed by atoms with E-state index >= 15 is 0 Å². The van der Waals surface area contributed by atoms with Crippen molar-refractivity contribution in [2.24, 2.45) is 11.3 Å². The highest BCUT2D eigenvalue weighted by atomic mass is 32.2. The number of aliphatic hydroxyl groups is 1. The van der Waals surface area contributed by atoms with Gasteiger partial charge in [-0.1, -0.05) is 25.6 Å². The second-order valence-corrected chi connectivity index (χ2v) is 13.1. The third-order valence-corrected chi connectivity index (χ3v) is 9.77. The predicted molar refractivity (Wildman–Crippen MR) is 146 cm³/mol. The highest BCUT2D eigenvalue weighted by Crippen LogP contribution is 2.49. The topological polar surface area (TPSA) is 141 Å². The Bertz CT molecular complexity index is 1310. The van der Waals surface area contributed by atoms with Gasteiger partial charge in [0.2, 0.25) is 5.91 Å². The number of aromatic nitrogens is 2. The molecule has 0 spiro atoms. The average Bonchev–Trinajstić information content (AvgIpc) is 3.79. The first-order chi connectivity index (χ1) is 17.5. The molecule has 0 radical (unpaired) electrons. The molecule has 37 heavy (non-hydrogen) atoms. The number of likely N-dealkylation sites (tertiary alicyclic amines) is 1. The lowest BCUT2D eigenvalue weighted by molar-refractivity contribution is -0.139. The highest BCUT2D eigenvalue weighted by Gasteiger charge is 2.48. The van der Waals surface area contributed by atoms with Crippen LogP contribution in [-0.4, -0.2) is 54.0 Å². The van der Waals surface area contributed by atoms with Gasteiger partial charge in [-0.2, -0.15) is 5.26 Å².